The van der Waals surface area contributed by atoms with E-state index in [0.29, 0.717) is 5.75 Å². The summed E-state index contributed by atoms with van der Waals surface area (Å²) in [6, 6.07) is 6.83. The fourth-order valence-corrected chi connectivity index (χ4v) is 2.87. The Morgan fingerprint density at radius 1 is 1.08 bits per heavy atom. The Morgan fingerprint density at radius 3 is 2.12 bits per heavy atom. The Balaban J connectivity index is 2.07. The van der Waals surface area contributed by atoms with Gasteiger partial charge in [-0.1, -0.05) is 32.9 Å². The second-order valence-corrected chi connectivity index (χ2v) is 8.74. The number of carbonyl (C=O) groups excluding carboxylic acids is 1. The van der Waals surface area contributed by atoms with Gasteiger partial charge < -0.3 is 14.6 Å². The third kappa shape index (κ3) is 5.13. The molecule has 2 unspecified atom stereocenters. The minimum atomic E-state index is -1.05. The quantitative estimate of drug-likeness (QED) is 0.883. The largest absolute Gasteiger partial charge is 0.488 e. The van der Waals surface area contributed by atoms with Crippen LogP contribution in [0.4, 0.5) is 4.79 Å². The molecule has 6 nitrogen and oxygen atoms in total. The van der Waals surface area contributed by atoms with Gasteiger partial charge in [0.05, 0.1) is 6.54 Å². The lowest BCUT2D eigenvalue weighted by Crippen LogP contribution is -2.43. The van der Waals surface area contributed by atoms with Crippen molar-refractivity contribution in [1.82, 2.24) is 4.90 Å². The van der Waals surface area contributed by atoms with Crippen molar-refractivity contribution in [2.45, 2.75) is 71.1 Å². The minimum Gasteiger partial charge on any atom is -0.488 e. The summed E-state index contributed by atoms with van der Waals surface area (Å²) in [5, 5.41) is 9.44. The standard InChI is InChI=1S/C20H29NO5/c1-19(2,3)13-7-9-14(10-8-13)25-15-11-16(17(22)23)21(12-15)18(24)26-20(4,5)6/h7-10,15-16H,11-12H2,1-6H3,(H,22,23). The highest BCUT2D eigenvalue weighted by molar-refractivity contribution is 5.81. The van der Waals surface area contributed by atoms with Gasteiger partial charge in [0, 0.05) is 6.42 Å². The van der Waals surface area contributed by atoms with E-state index in [0.717, 1.165) is 0 Å². The number of carboxylic acids is 1. The molecule has 1 saturated heterocycles. The van der Waals surface area contributed by atoms with Gasteiger partial charge >= 0.3 is 12.1 Å². The molecule has 1 heterocycles. The SMILES string of the molecule is CC(C)(C)OC(=O)N1CC(Oc2ccc(C(C)(C)C)cc2)CC1C(=O)O. The monoisotopic (exact) mass is 363 g/mol. The summed E-state index contributed by atoms with van der Waals surface area (Å²) in [6.45, 7) is 11.8. The number of hydrogen-bond acceptors (Lipinski definition) is 4. The number of likely N-dealkylation sites (tertiary alicyclic amines) is 1. The third-order valence-corrected chi connectivity index (χ3v) is 4.20. The van der Waals surface area contributed by atoms with Gasteiger partial charge in [-0.2, -0.15) is 0 Å². The van der Waals surface area contributed by atoms with Crippen molar-refractivity contribution in [1.29, 1.82) is 0 Å². The number of amides is 1. The highest BCUT2D eigenvalue weighted by Crippen LogP contribution is 2.28. The van der Waals surface area contributed by atoms with Crippen molar-refractivity contribution in [3.8, 4) is 5.75 Å². The molecular formula is C20H29NO5. The van der Waals surface area contributed by atoms with E-state index in [1.165, 1.54) is 10.5 Å². The van der Waals surface area contributed by atoms with E-state index in [9.17, 15) is 14.7 Å². The lowest BCUT2D eigenvalue weighted by atomic mass is 9.87. The molecule has 0 spiro atoms. The van der Waals surface area contributed by atoms with Gasteiger partial charge in [0.25, 0.3) is 0 Å². The number of nitrogens with zero attached hydrogens (tertiary/aromatic N) is 1. The topological polar surface area (TPSA) is 76.1 Å². The number of carboxylic acid groups (broad SMARTS) is 1. The number of ether oxygens (including phenoxy) is 2. The van der Waals surface area contributed by atoms with Crippen LogP contribution >= 0.6 is 0 Å². The fraction of sp³-hybridized carbons (Fsp3) is 0.600. The Hall–Kier alpha value is -2.24. The van der Waals surface area contributed by atoms with Gasteiger partial charge in [-0.15, -0.1) is 0 Å². The van der Waals surface area contributed by atoms with Crippen LogP contribution in [0.1, 0.15) is 53.5 Å². The smallest absolute Gasteiger partial charge is 0.411 e. The van der Waals surface area contributed by atoms with Gasteiger partial charge in [-0.25, -0.2) is 9.59 Å². The van der Waals surface area contributed by atoms with Crippen LogP contribution in [0.5, 0.6) is 5.75 Å². The van der Waals surface area contributed by atoms with Crippen LogP contribution in [0.25, 0.3) is 0 Å². The average Bonchev–Trinajstić information content (AvgIpc) is 2.89. The molecule has 1 fully saturated rings. The van der Waals surface area contributed by atoms with E-state index in [2.05, 4.69) is 20.8 Å². The minimum absolute atomic E-state index is 0.0494. The highest BCUT2D eigenvalue weighted by Gasteiger charge is 2.42. The summed E-state index contributed by atoms with van der Waals surface area (Å²) in [6.07, 6.45) is -0.779. The van der Waals surface area contributed by atoms with Crippen molar-refractivity contribution in [2.24, 2.45) is 0 Å². The van der Waals surface area contributed by atoms with Gasteiger partial charge in [-0.3, -0.25) is 4.90 Å². The first-order chi connectivity index (χ1) is 11.9. The lowest BCUT2D eigenvalue weighted by Gasteiger charge is -2.26. The lowest BCUT2D eigenvalue weighted by molar-refractivity contribution is -0.142. The molecule has 0 aromatic heterocycles. The van der Waals surface area contributed by atoms with Crippen molar-refractivity contribution < 1.29 is 24.2 Å². The van der Waals surface area contributed by atoms with Crippen molar-refractivity contribution in [3.63, 3.8) is 0 Å². The van der Waals surface area contributed by atoms with E-state index >= 15 is 0 Å². The first kappa shape index (κ1) is 20.1. The van der Waals surface area contributed by atoms with Crippen LogP contribution in [-0.4, -0.2) is 46.4 Å². The Kier molecular flexibility index (Phi) is 5.54. The zero-order valence-corrected chi connectivity index (χ0v) is 16.4. The molecule has 1 N–H and O–H groups in total. The van der Waals surface area contributed by atoms with Crippen LogP contribution < -0.4 is 4.74 Å². The third-order valence-electron chi connectivity index (χ3n) is 4.20. The summed E-state index contributed by atoms with van der Waals surface area (Å²) >= 11 is 0. The molecule has 2 atom stereocenters. The van der Waals surface area contributed by atoms with Crippen LogP contribution in [0.15, 0.2) is 24.3 Å². The maximum absolute atomic E-state index is 12.3. The summed E-state index contributed by atoms with van der Waals surface area (Å²) in [7, 11) is 0. The first-order valence-corrected chi connectivity index (χ1v) is 8.86. The molecule has 1 aromatic rings. The predicted molar refractivity (Wildman–Crippen MR) is 98.5 cm³/mol. The van der Waals surface area contributed by atoms with Crippen molar-refractivity contribution in [2.75, 3.05) is 6.54 Å². The van der Waals surface area contributed by atoms with E-state index < -0.39 is 23.7 Å². The number of aliphatic carboxylic acids is 1. The molecule has 6 heteroatoms. The Morgan fingerprint density at radius 2 is 1.65 bits per heavy atom. The van der Waals surface area contributed by atoms with Gasteiger partial charge in [0.15, 0.2) is 0 Å². The van der Waals surface area contributed by atoms with Gasteiger partial charge in [-0.05, 0) is 43.9 Å². The summed E-state index contributed by atoms with van der Waals surface area (Å²) in [5.74, 6) is -0.386. The maximum atomic E-state index is 12.3. The average molecular weight is 363 g/mol. The number of benzene rings is 1. The molecule has 0 bridgehead atoms. The van der Waals surface area contributed by atoms with E-state index in [1.54, 1.807) is 20.8 Å². The molecule has 144 valence electrons. The van der Waals surface area contributed by atoms with Crippen LogP contribution in [0.2, 0.25) is 0 Å². The summed E-state index contributed by atoms with van der Waals surface area (Å²) < 4.78 is 11.2. The molecule has 26 heavy (non-hydrogen) atoms. The van der Waals surface area contributed by atoms with Crippen molar-refractivity contribution in [3.05, 3.63) is 29.8 Å². The number of hydrogen-bond donors (Lipinski definition) is 1. The van der Waals surface area contributed by atoms with Crippen LogP contribution in [-0.2, 0) is 14.9 Å². The molecule has 1 aliphatic rings. The van der Waals surface area contributed by atoms with E-state index in [4.69, 9.17) is 9.47 Å². The van der Waals surface area contributed by atoms with Gasteiger partial charge in [0.2, 0.25) is 0 Å². The molecule has 0 saturated carbocycles. The second kappa shape index (κ2) is 7.17. The summed E-state index contributed by atoms with van der Waals surface area (Å²) in [4.78, 5) is 25.1. The molecule has 1 aliphatic heterocycles. The number of carbonyl (C=O) groups is 2. The first-order valence-electron chi connectivity index (χ1n) is 8.86. The zero-order chi connectivity index (χ0) is 19.7. The molecule has 1 aromatic carbocycles. The Bertz CT molecular complexity index is 654. The van der Waals surface area contributed by atoms with Crippen molar-refractivity contribution >= 4 is 12.1 Å². The second-order valence-electron chi connectivity index (χ2n) is 8.74. The predicted octanol–water partition coefficient (Wildman–Crippen LogP) is 3.83. The van der Waals surface area contributed by atoms with Crippen LogP contribution in [0, 0.1) is 0 Å². The zero-order valence-electron chi connectivity index (χ0n) is 16.4. The fourth-order valence-electron chi connectivity index (χ4n) is 2.87. The maximum Gasteiger partial charge on any atom is 0.411 e. The van der Waals surface area contributed by atoms with E-state index in [-0.39, 0.29) is 24.5 Å². The Labute approximate surface area is 155 Å². The van der Waals surface area contributed by atoms with E-state index in [1.807, 2.05) is 24.3 Å². The summed E-state index contributed by atoms with van der Waals surface area (Å²) in [5.41, 5.74) is 0.561. The normalized spacial score (nSPS) is 20.8. The molecule has 1 amide bonds. The molecule has 0 radical (unpaired) electrons. The molecule has 0 aliphatic carbocycles. The van der Waals surface area contributed by atoms with Gasteiger partial charge in [0.1, 0.15) is 23.5 Å². The molecule has 2 rings (SSSR count). The number of rotatable bonds is 3. The molecular weight excluding hydrogens is 334 g/mol. The van der Waals surface area contributed by atoms with Crippen LogP contribution in [0.3, 0.4) is 0 Å². The highest BCUT2D eigenvalue weighted by atomic mass is 16.6.